The van der Waals surface area contributed by atoms with Crippen molar-refractivity contribution in [1.82, 2.24) is 20.4 Å². The number of halogens is 1. The molecule has 0 aliphatic carbocycles. The van der Waals surface area contributed by atoms with Crippen molar-refractivity contribution in [2.24, 2.45) is 17.9 Å². The first-order valence-corrected chi connectivity index (χ1v) is 4.45. The standard InChI is InChI=1S/C5H7BrN6S/c1-12-3(4(6)9-11-12)2-8-10-5(7)13/h2H,1H3,(H3,7,10,13)/b8-2+. The van der Waals surface area contributed by atoms with Crippen molar-refractivity contribution in [2.45, 2.75) is 0 Å². The fraction of sp³-hybridized carbons (Fsp3) is 0.200. The first-order chi connectivity index (χ1) is 6.11. The van der Waals surface area contributed by atoms with E-state index in [0.717, 1.165) is 5.69 Å². The lowest BCUT2D eigenvalue weighted by molar-refractivity contribution is 0.710. The highest BCUT2D eigenvalue weighted by atomic mass is 79.9. The van der Waals surface area contributed by atoms with Gasteiger partial charge in [0, 0.05) is 7.05 Å². The molecule has 0 amide bonds. The predicted octanol–water partition coefficient (Wildman–Crippen LogP) is -0.255. The molecule has 3 N–H and O–H groups in total. The minimum atomic E-state index is 0.113. The monoisotopic (exact) mass is 262 g/mol. The first-order valence-electron chi connectivity index (χ1n) is 3.25. The fourth-order valence-electron chi connectivity index (χ4n) is 0.633. The SMILES string of the molecule is Cn1nnc(Br)c1/C=N/NC(N)=S. The van der Waals surface area contributed by atoms with E-state index in [1.807, 2.05) is 0 Å². The van der Waals surface area contributed by atoms with Crippen LogP contribution in [-0.4, -0.2) is 26.3 Å². The second-order valence-electron chi connectivity index (χ2n) is 2.12. The highest BCUT2D eigenvalue weighted by Crippen LogP contribution is 2.08. The molecule has 0 unspecified atom stereocenters. The molecule has 0 bridgehead atoms. The summed E-state index contributed by atoms with van der Waals surface area (Å²) in [6.07, 6.45) is 1.52. The molecule has 13 heavy (non-hydrogen) atoms. The maximum Gasteiger partial charge on any atom is 0.184 e. The minimum absolute atomic E-state index is 0.113. The number of nitrogens with two attached hydrogens (primary N) is 1. The topological polar surface area (TPSA) is 81.1 Å². The van der Waals surface area contributed by atoms with Gasteiger partial charge in [-0.2, -0.15) is 5.10 Å². The van der Waals surface area contributed by atoms with Gasteiger partial charge in [0.1, 0.15) is 5.69 Å². The summed E-state index contributed by atoms with van der Waals surface area (Å²) >= 11 is 7.77. The van der Waals surface area contributed by atoms with E-state index in [-0.39, 0.29) is 5.11 Å². The Bertz CT molecular complexity index is 325. The maximum absolute atomic E-state index is 5.16. The fourth-order valence-corrected chi connectivity index (χ4v) is 1.12. The Morgan fingerprint density at radius 2 is 2.54 bits per heavy atom. The van der Waals surface area contributed by atoms with Gasteiger partial charge in [-0.1, -0.05) is 5.21 Å². The van der Waals surface area contributed by atoms with Gasteiger partial charge in [0.15, 0.2) is 9.72 Å². The summed E-state index contributed by atoms with van der Waals surface area (Å²) < 4.78 is 2.18. The van der Waals surface area contributed by atoms with Crippen LogP contribution in [0.1, 0.15) is 5.69 Å². The van der Waals surface area contributed by atoms with Crippen molar-refractivity contribution in [1.29, 1.82) is 0 Å². The van der Waals surface area contributed by atoms with Gasteiger partial charge in [-0.15, -0.1) is 5.10 Å². The van der Waals surface area contributed by atoms with E-state index < -0.39 is 0 Å². The van der Waals surface area contributed by atoms with Crippen LogP contribution in [0.3, 0.4) is 0 Å². The Balaban J connectivity index is 2.73. The molecule has 6 nitrogen and oxygen atoms in total. The number of rotatable bonds is 2. The third-order valence-electron chi connectivity index (χ3n) is 1.19. The van der Waals surface area contributed by atoms with Gasteiger partial charge in [0.25, 0.3) is 0 Å². The van der Waals surface area contributed by atoms with E-state index in [1.54, 1.807) is 11.7 Å². The van der Waals surface area contributed by atoms with Gasteiger partial charge < -0.3 is 5.73 Å². The van der Waals surface area contributed by atoms with Gasteiger partial charge in [0.05, 0.1) is 6.21 Å². The van der Waals surface area contributed by atoms with Crippen molar-refractivity contribution in [3.63, 3.8) is 0 Å². The highest BCUT2D eigenvalue weighted by Gasteiger charge is 2.03. The Kier molecular flexibility index (Phi) is 3.32. The summed E-state index contributed by atoms with van der Waals surface area (Å²) in [5.74, 6) is 0. The van der Waals surface area contributed by atoms with Gasteiger partial charge in [0.2, 0.25) is 0 Å². The number of nitrogens with one attached hydrogen (secondary N) is 1. The Labute approximate surface area is 88.3 Å². The number of thiocarbonyl (C=S) groups is 1. The van der Waals surface area contributed by atoms with Crippen LogP contribution in [0.4, 0.5) is 0 Å². The zero-order valence-electron chi connectivity index (χ0n) is 6.73. The number of hydrogen-bond donors (Lipinski definition) is 2. The van der Waals surface area contributed by atoms with Crippen LogP contribution in [0.5, 0.6) is 0 Å². The number of hydrazone groups is 1. The molecular weight excluding hydrogens is 256 g/mol. The highest BCUT2D eigenvalue weighted by molar-refractivity contribution is 9.10. The van der Waals surface area contributed by atoms with Crippen LogP contribution >= 0.6 is 28.1 Å². The summed E-state index contributed by atoms with van der Waals surface area (Å²) in [4.78, 5) is 0. The summed E-state index contributed by atoms with van der Waals surface area (Å²) in [7, 11) is 1.75. The molecule has 1 aromatic rings. The van der Waals surface area contributed by atoms with Gasteiger partial charge in [-0.25, -0.2) is 4.68 Å². The Morgan fingerprint density at radius 3 is 3.00 bits per heavy atom. The normalized spacial score (nSPS) is 10.6. The molecular formula is C5H7BrN6S. The van der Waals surface area contributed by atoms with E-state index in [9.17, 15) is 0 Å². The van der Waals surface area contributed by atoms with Crippen LogP contribution in [0.25, 0.3) is 0 Å². The molecule has 70 valence electrons. The van der Waals surface area contributed by atoms with E-state index in [0.29, 0.717) is 4.60 Å². The molecule has 0 aromatic carbocycles. The zero-order valence-corrected chi connectivity index (χ0v) is 9.13. The van der Waals surface area contributed by atoms with Gasteiger partial charge in [-0.05, 0) is 28.1 Å². The van der Waals surface area contributed by atoms with E-state index in [1.165, 1.54) is 6.21 Å². The van der Waals surface area contributed by atoms with Crippen molar-refractivity contribution in [3.8, 4) is 0 Å². The maximum atomic E-state index is 5.16. The van der Waals surface area contributed by atoms with Crippen LogP contribution in [0.2, 0.25) is 0 Å². The third kappa shape index (κ3) is 2.74. The van der Waals surface area contributed by atoms with Gasteiger partial charge in [-0.3, -0.25) is 5.43 Å². The molecule has 1 rings (SSSR count). The largest absolute Gasteiger partial charge is 0.375 e. The quantitative estimate of drug-likeness (QED) is 0.436. The van der Waals surface area contributed by atoms with Crippen molar-refractivity contribution >= 4 is 39.5 Å². The molecule has 0 saturated carbocycles. The third-order valence-corrected chi connectivity index (χ3v) is 1.84. The number of nitrogens with zero attached hydrogens (tertiary/aromatic N) is 4. The summed E-state index contributed by atoms with van der Waals surface area (Å²) in [6.45, 7) is 0. The second-order valence-corrected chi connectivity index (χ2v) is 3.31. The molecule has 0 saturated heterocycles. The Hall–Kier alpha value is -1.02. The van der Waals surface area contributed by atoms with E-state index in [2.05, 4.69) is 49.0 Å². The zero-order chi connectivity index (χ0) is 9.84. The van der Waals surface area contributed by atoms with Crippen LogP contribution in [0, 0.1) is 0 Å². The molecule has 8 heteroatoms. The molecule has 1 aromatic heterocycles. The van der Waals surface area contributed by atoms with Crippen molar-refractivity contribution in [3.05, 3.63) is 10.3 Å². The Morgan fingerprint density at radius 1 is 1.85 bits per heavy atom. The average molecular weight is 263 g/mol. The smallest absolute Gasteiger partial charge is 0.184 e. The average Bonchev–Trinajstić information content (AvgIpc) is 2.34. The molecule has 0 aliphatic heterocycles. The molecule has 0 aliphatic rings. The number of aromatic nitrogens is 3. The number of hydrogen-bond acceptors (Lipinski definition) is 4. The summed E-state index contributed by atoms with van der Waals surface area (Å²) in [5.41, 5.74) is 8.32. The van der Waals surface area contributed by atoms with E-state index >= 15 is 0 Å². The lowest BCUT2D eigenvalue weighted by Gasteiger charge is -1.94. The van der Waals surface area contributed by atoms with Crippen LogP contribution in [-0.2, 0) is 7.05 Å². The lowest BCUT2D eigenvalue weighted by atomic mass is 10.5. The van der Waals surface area contributed by atoms with E-state index in [4.69, 9.17) is 5.73 Å². The predicted molar refractivity (Wildman–Crippen MR) is 56.2 cm³/mol. The first kappa shape index (κ1) is 10.1. The molecule has 0 radical (unpaired) electrons. The molecule has 0 spiro atoms. The molecule has 0 atom stereocenters. The second kappa shape index (κ2) is 4.28. The van der Waals surface area contributed by atoms with Crippen LogP contribution < -0.4 is 11.2 Å². The number of aryl methyl sites for hydroxylation is 1. The molecule has 0 fully saturated rings. The summed E-state index contributed by atoms with van der Waals surface area (Å²) in [5, 5.41) is 11.4. The van der Waals surface area contributed by atoms with Crippen LogP contribution in [0.15, 0.2) is 9.70 Å². The lowest BCUT2D eigenvalue weighted by Crippen LogP contribution is -2.24. The minimum Gasteiger partial charge on any atom is -0.375 e. The summed E-state index contributed by atoms with van der Waals surface area (Å²) in [6, 6.07) is 0. The van der Waals surface area contributed by atoms with Crippen molar-refractivity contribution < 1.29 is 0 Å². The molecule has 1 heterocycles. The van der Waals surface area contributed by atoms with Gasteiger partial charge >= 0.3 is 0 Å². The van der Waals surface area contributed by atoms with Crippen molar-refractivity contribution in [2.75, 3.05) is 0 Å².